The molecule has 13 nitrogen and oxygen atoms in total. The van der Waals surface area contributed by atoms with Gasteiger partial charge in [0.2, 0.25) is 8.87 Å². The van der Waals surface area contributed by atoms with E-state index in [4.69, 9.17) is 14.2 Å². The van der Waals surface area contributed by atoms with Gasteiger partial charge in [-0.15, -0.1) is 0 Å². The van der Waals surface area contributed by atoms with Crippen molar-refractivity contribution in [3.63, 3.8) is 0 Å². The van der Waals surface area contributed by atoms with Crippen molar-refractivity contribution in [3.8, 4) is 5.75 Å². The molecule has 0 saturated carbocycles. The number of non-ortho nitro benzene ring substituents is 1. The molecule has 1 aliphatic rings. The maximum absolute atomic E-state index is 14.2. The zero-order chi connectivity index (χ0) is 40.5. The third-order valence-electron chi connectivity index (χ3n) is 8.79. The zero-order valence-corrected chi connectivity index (χ0v) is 32.4. The number of likely N-dealkylation sites (tertiary alicyclic amines) is 1. The third-order valence-corrected chi connectivity index (χ3v) is 12.5. The summed E-state index contributed by atoms with van der Waals surface area (Å²) in [5, 5.41) is 12.4. The van der Waals surface area contributed by atoms with Crippen LogP contribution < -0.4 is 10.1 Å². The molecule has 15 heteroatoms. The molecule has 1 fully saturated rings. The summed E-state index contributed by atoms with van der Waals surface area (Å²) in [6.07, 6.45) is -0.783. The van der Waals surface area contributed by atoms with Gasteiger partial charge in [0.15, 0.2) is 12.3 Å². The monoisotopic (exact) mass is 807 g/mol. The lowest BCUT2D eigenvalue weighted by Crippen LogP contribution is -2.70. The Bertz CT molecular complexity index is 2320. The number of nitrogens with zero attached hydrogens (tertiary/aromatic N) is 2. The number of nitrogens with one attached hydrogen (secondary N) is 1. The van der Waals surface area contributed by atoms with Gasteiger partial charge in [-0.25, -0.2) is 13.2 Å². The van der Waals surface area contributed by atoms with Crippen LogP contribution in [0.15, 0.2) is 156 Å². The van der Waals surface area contributed by atoms with E-state index >= 15 is 0 Å². The Balaban J connectivity index is 1.38. The highest BCUT2D eigenvalue weighted by molar-refractivity contribution is 8.72. The third kappa shape index (κ3) is 9.87. The Kier molecular flexibility index (Phi) is 12.7. The van der Waals surface area contributed by atoms with Crippen molar-refractivity contribution in [3.05, 3.63) is 183 Å². The minimum absolute atomic E-state index is 0.0534. The van der Waals surface area contributed by atoms with Crippen LogP contribution in [0, 0.1) is 17.0 Å². The van der Waals surface area contributed by atoms with Crippen molar-refractivity contribution in [1.29, 1.82) is 0 Å². The van der Waals surface area contributed by atoms with Crippen LogP contribution in [0.2, 0.25) is 0 Å². The molecule has 0 radical (unpaired) electrons. The van der Waals surface area contributed by atoms with E-state index < -0.39 is 61.4 Å². The standard InChI is InChI=1S/C42H37N3O10S2/c1-28-18-24-35(25-19-28)57(51,52)56-41-37(43-36(46)27-53-34-16-10-5-11-17-34)40(47)44(41)38(42(48)54-26-30-20-22-33(23-21-30)45(49)50)29(2)55-39(31-12-6-3-7-13-31)32-14-8-4-9-15-32/h3-25,37,39,41H,26-27H2,1-2H3,(H,43,46). The maximum Gasteiger partial charge on any atom is 0.358 e. The summed E-state index contributed by atoms with van der Waals surface area (Å²) in [6.45, 7) is 2.43. The minimum Gasteiger partial charge on any atom is -0.484 e. The van der Waals surface area contributed by atoms with Gasteiger partial charge < -0.3 is 19.5 Å². The van der Waals surface area contributed by atoms with Crippen LogP contribution in [-0.4, -0.2) is 54.0 Å². The van der Waals surface area contributed by atoms with Crippen LogP contribution in [0.3, 0.4) is 0 Å². The number of carbonyl (C=O) groups excluding carboxylic acids is 3. The van der Waals surface area contributed by atoms with Crippen molar-refractivity contribution in [2.75, 3.05) is 6.61 Å². The summed E-state index contributed by atoms with van der Waals surface area (Å²) >= 11 is 0. The molecular weight excluding hydrogens is 771 g/mol. The molecule has 1 saturated heterocycles. The van der Waals surface area contributed by atoms with E-state index in [1.165, 1.54) is 43.3 Å². The Morgan fingerprint density at radius 2 is 1.40 bits per heavy atom. The molecule has 57 heavy (non-hydrogen) atoms. The summed E-state index contributed by atoms with van der Waals surface area (Å²) in [6, 6.07) is 36.9. The van der Waals surface area contributed by atoms with Crippen molar-refractivity contribution in [2.24, 2.45) is 0 Å². The lowest BCUT2D eigenvalue weighted by molar-refractivity contribution is -0.384. The molecule has 5 aromatic rings. The van der Waals surface area contributed by atoms with Gasteiger partial charge in [0.25, 0.3) is 17.5 Å². The van der Waals surface area contributed by atoms with Crippen molar-refractivity contribution < 1.29 is 41.9 Å². The van der Waals surface area contributed by atoms with E-state index in [1.54, 1.807) is 49.4 Å². The van der Waals surface area contributed by atoms with Crippen LogP contribution in [0.1, 0.15) is 35.3 Å². The number of esters is 1. The molecule has 0 spiro atoms. The quantitative estimate of drug-likeness (QED) is 0.0211. The number of hydrogen-bond acceptors (Lipinski definition) is 11. The second-order valence-electron chi connectivity index (χ2n) is 12.8. The largest absolute Gasteiger partial charge is 0.484 e. The maximum atomic E-state index is 14.2. The first-order valence-corrected chi connectivity index (χ1v) is 20.5. The van der Waals surface area contributed by atoms with Crippen LogP contribution in [-0.2, 0) is 39.3 Å². The normalized spacial score (nSPS) is 15.6. The second kappa shape index (κ2) is 18.0. The number of ether oxygens (including phenoxy) is 3. The highest BCUT2D eigenvalue weighted by atomic mass is 33.1. The van der Waals surface area contributed by atoms with Gasteiger partial charge >= 0.3 is 5.97 Å². The topological polar surface area (TPSA) is 171 Å². The summed E-state index contributed by atoms with van der Waals surface area (Å²) in [7, 11) is -3.83. The Morgan fingerprint density at radius 1 is 0.842 bits per heavy atom. The summed E-state index contributed by atoms with van der Waals surface area (Å²) in [5.74, 6) is -2.23. The number of benzene rings is 5. The Morgan fingerprint density at radius 3 is 1.96 bits per heavy atom. The van der Waals surface area contributed by atoms with Crippen molar-refractivity contribution >= 4 is 43.1 Å². The molecule has 1 N–H and O–H groups in total. The van der Waals surface area contributed by atoms with Crippen molar-refractivity contribution in [1.82, 2.24) is 10.2 Å². The molecule has 1 aliphatic heterocycles. The number of nitro benzene ring substituents is 1. The summed E-state index contributed by atoms with van der Waals surface area (Å²) in [5.41, 5.74) is 2.10. The van der Waals surface area contributed by atoms with Gasteiger partial charge in [-0.05, 0) is 66.9 Å². The highest BCUT2D eigenvalue weighted by Gasteiger charge is 2.55. The fourth-order valence-corrected chi connectivity index (χ4v) is 9.33. The van der Waals surface area contributed by atoms with Gasteiger partial charge in [0.05, 0.1) is 9.82 Å². The van der Waals surface area contributed by atoms with Gasteiger partial charge in [-0.1, -0.05) is 96.6 Å². The number of nitro groups is 1. The van der Waals surface area contributed by atoms with Crippen LogP contribution in [0.4, 0.5) is 5.69 Å². The fourth-order valence-electron chi connectivity index (χ4n) is 5.86. The first-order valence-electron chi connectivity index (χ1n) is 17.6. The number of β-lactam (4-membered cyclic amide) rings is 1. The second-order valence-corrected chi connectivity index (χ2v) is 16.8. The SMILES string of the molecule is CC(OC(c1ccccc1)c1ccccc1)=C(C(=O)OCc1ccc([N+](=O)[O-])cc1)N1C(=O)C(NC(=O)COc2ccccc2)C1SS(=O)(=O)c1ccc(C)cc1. The molecule has 0 aliphatic carbocycles. The average Bonchev–Trinajstić information content (AvgIpc) is 3.23. The van der Waals surface area contributed by atoms with Gasteiger partial charge in [0.1, 0.15) is 35.6 Å². The molecule has 292 valence electrons. The van der Waals surface area contributed by atoms with E-state index in [1.807, 2.05) is 60.7 Å². The van der Waals surface area contributed by atoms with E-state index in [0.717, 1.165) is 10.5 Å². The molecule has 2 unspecified atom stereocenters. The molecule has 5 aromatic carbocycles. The number of allylic oxidation sites excluding steroid dienone is 1. The first kappa shape index (κ1) is 40.2. The van der Waals surface area contributed by atoms with E-state index in [2.05, 4.69) is 5.32 Å². The highest BCUT2D eigenvalue weighted by Crippen LogP contribution is 2.41. The predicted molar refractivity (Wildman–Crippen MR) is 212 cm³/mol. The number of hydrogen-bond donors (Lipinski definition) is 1. The lowest BCUT2D eigenvalue weighted by atomic mass is 10.0. The number of rotatable bonds is 16. The zero-order valence-electron chi connectivity index (χ0n) is 30.7. The Hall–Kier alpha value is -6.45. The van der Waals surface area contributed by atoms with Gasteiger partial charge in [-0.3, -0.25) is 24.6 Å². The van der Waals surface area contributed by atoms with Gasteiger partial charge in [-0.2, -0.15) is 0 Å². The Labute approximate surface area is 332 Å². The van der Waals surface area contributed by atoms with Crippen LogP contribution in [0.25, 0.3) is 0 Å². The molecule has 6 rings (SSSR count). The first-order chi connectivity index (χ1) is 27.4. The molecule has 0 bridgehead atoms. The predicted octanol–water partition coefficient (Wildman–Crippen LogP) is 6.84. The van der Waals surface area contributed by atoms with E-state index in [-0.39, 0.29) is 22.9 Å². The molecule has 0 aromatic heterocycles. The molecule has 1 heterocycles. The smallest absolute Gasteiger partial charge is 0.358 e. The number of para-hydroxylation sites is 1. The van der Waals surface area contributed by atoms with Gasteiger partial charge in [0, 0.05) is 22.9 Å². The van der Waals surface area contributed by atoms with E-state index in [9.17, 15) is 32.9 Å². The van der Waals surface area contributed by atoms with Crippen LogP contribution >= 0.6 is 10.8 Å². The number of carbonyl (C=O) groups is 3. The van der Waals surface area contributed by atoms with Crippen molar-refractivity contribution in [2.45, 2.75) is 42.9 Å². The molecule has 2 atom stereocenters. The van der Waals surface area contributed by atoms with Crippen LogP contribution in [0.5, 0.6) is 5.75 Å². The van der Waals surface area contributed by atoms with E-state index in [0.29, 0.717) is 33.2 Å². The number of amides is 2. The lowest BCUT2D eigenvalue weighted by Gasteiger charge is -2.46. The fraction of sp³-hybridized carbons (Fsp3) is 0.167. The summed E-state index contributed by atoms with van der Waals surface area (Å²) < 4.78 is 45.6. The average molecular weight is 808 g/mol. The number of aryl methyl sites for hydroxylation is 1. The molecule has 2 amide bonds. The summed E-state index contributed by atoms with van der Waals surface area (Å²) in [4.78, 5) is 53.2. The minimum atomic E-state index is -4.21. The molecular formula is C42H37N3O10S2.